The number of carbonyl (C=O) groups is 2. The normalized spacial score (nSPS) is 16.6. The fourth-order valence-corrected chi connectivity index (χ4v) is 2.99. The van der Waals surface area contributed by atoms with Gasteiger partial charge in [-0.2, -0.15) is 0 Å². The summed E-state index contributed by atoms with van der Waals surface area (Å²) in [5, 5.41) is -0.281. The first-order valence-electron chi connectivity index (χ1n) is 6.97. The number of rotatable bonds is 3. The fraction of sp³-hybridized carbons (Fsp3) is 0.118. The van der Waals surface area contributed by atoms with E-state index in [2.05, 4.69) is 11.9 Å². The number of benzene rings is 1. The average molecular weight is 310 g/mol. The number of aryl methyl sites for hydroxylation is 1. The highest BCUT2D eigenvalue weighted by molar-refractivity contribution is 8.19. The number of hydrogen-bond acceptors (Lipinski definition) is 4. The Balaban J connectivity index is 1.89. The third kappa shape index (κ3) is 2.80. The zero-order valence-corrected chi connectivity index (χ0v) is 12.8. The lowest BCUT2D eigenvalue weighted by atomic mass is 10.1. The first kappa shape index (κ1) is 14.5. The van der Waals surface area contributed by atoms with Crippen molar-refractivity contribution in [3.8, 4) is 0 Å². The monoisotopic (exact) mass is 310 g/mol. The number of aromatic nitrogens is 1. The van der Waals surface area contributed by atoms with Crippen molar-refractivity contribution in [2.75, 3.05) is 4.90 Å². The van der Waals surface area contributed by atoms with Gasteiger partial charge in [-0.3, -0.25) is 14.6 Å². The molecule has 0 aliphatic carbocycles. The number of amides is 2. The Hall–Kier alpha value is -2.40. The van der Waals surface area contributed by atoms with Crippen molar-refractivity contribution in [2.45, 2.75) is 13.3 Å². The van der Waals surface area contributed by atoms with E-state index in [-0.39, 0.29) is 11.1 Å². The molecule has 0 radical (unpaired) electrons. The Labute approximate surface area is 132 Å². The molecule has 1 fully saturated rings. The maximum absolute atomic E-state index is 12.5. The molecule has 4 nitrogen and oxygen atoms in total. The Morgan fingerprint density at radius 3 is 2.55 bits per heavy atom. The van der Waals surface area contributed by atoms with E-state index in [1.54, 1.807) is 36.5 Å². The van der Waals surface area contributed by atoms with E-state index >= 15 is 0 Å². The van der Waals surface area contributed by atoms with Gasteiger partial charge in [0.2, 0.25) is 0 Å². The van der Waals surface area contributed by atoms with E-state index in [9.17, 15) is 9.59 Å². The molecule has 1 aromatic heterocycles. The summed E-state index contributed by atoms with van der Waals surface area (Å²) in [6.07, 6.45) is 4.21. The van der Waals surface area contributed by atoms with E-state index < -0.39 is 0 Å². The molecular weight excluding hydrogens is 296 g/mol. The Bertz CT molecular complexity index is 739. The van der Waals surface area contributed by atoms with Crippen LogP contribution in [0.2, 0.25) is 0 Å². The molecule has 22 heavy (non-hydrogen) atoms. The molecule has 2 amide bonds. The van der Waals surface area contributed by atoms with E-state index in [0.29, 0.717) is 16.3 Å². The highest BCUT2D eigenvalue weighted by atomic mass is 32.2. The number of carbonyl (C=O) groups excluding carboxylic acids is 2. The van der Waals surface area contributed by atoms with Crippen molar-refractivity contribution in [3.05, 3.63) is 64.8 Å². The second-order valence-electron chi connectivity index (χ2n) is 4.79. The molecule has 0 saturated carbocycles. The predicted molar refractivity (Wildman–Crippen MR) is 88.5 cm³/mol. The molecule has 0 spiro atoms. The summed E-state index contributed by atoms with van der Waals surface area (Å²) >= 11 is 0.940. The molecule has 1 saturated heterocycles. The van der Waals surface area contributed by atoms with Crippen LogP contribution in [0.15, 0.2) is 53.6 Å². The molecule has 0 unspecified atom stereocenters. The van der Waals surface area contributed by atoms with E-state index in [0.717, 1.165) is 18.2 Å². The largest absolute Gasteiger partial charge is 0.298 e. The van der Waals surface area contributed by atoms with E-state index in [1.807, 2.05) is 18.2 Å². The number of imide groups is 1. The molecular formula is C17H14N2O2S. The van der Waals surface area contributed by atoms with Crippen molar-refractivity contribution >= 4 is 34.7 Å². The zero-order chi connectivity index (χ0) is 15.5. The van der Waals surface area contributed by atoms with Gasteiger partial charge in [-0.25, -0.2) is 4.90 Å². The molecule has 1 aliphatic heterocycles. The molecule has 0 bridgehead atoms. The molecule has 2 aromatic rings. The summed E-state index contributed by atoms with van der Waals surface area (Å²) < 4.78 is 0. The SMILES string of the molecule is CCc1ccc(N2C(=O)S/C(=C\c3ccccn3)C2=O)cc1. The zero-order valence-electron chi connectivity index (χ0n) is 12.0. The minimum Gasteiger partial charge on any atom is -0.268 e. The van der Waals surface area contributed by atoms with Crippen molar-refractivity contribution in [3.63, 3.8) is 0 Å². The average Bonchev–Trinajstić information content (AvgIpc) is 2.82. The third-order valence-corrected chi connectivity index (χ3v) is 4.23. The van der Waals surface area contributed by atoms with Crippen LogP contribution in [0.1, 0.15) is 18.2 Å². The number of hydrogen-bond donors (Lipinski definition) is 0. The minimum absolute atomic E-state index is 0.281. The van der Waals surface area contributed by atoms with Crippen LogP contribution in [0, 0.1) is 0 Å². The van der Waals surface area contributed by atoms with Crippen molar-refractivity contribution in [1.82, 2.24) is 4.98 Å². The maximum atomic E-state index is 12.5. The molecule has 3 rings (SSSR count). The quantitative estimate of drug-likeness (QED) is 0.807. The van der Waals surface area contributed by atoms with Crippen LogP contribution in [-0.2, 0) is 11.2 Å². The van der Waals surface area contributed by atoms with Gasteiger partial charge in [-0.1, -0.05) is 25.1 Å². The number of thioether (sulfide) groups is 1. The van der Waals surface area contributed by atoms with Gasteiger partial charge >= 0.3 is 0 Å². The topological polar surface area (TPSA) is 50.3 Å². The lowest BCUT2D eigenvalue weighted by molar-refractivity contribution is -0.113. The Morgan fingerprint density at radius 1 is 1.14 bits per heavy atom. The van der Waals surface area contributed by atoms with Gasteiger partial charge in [0.1, 0.15) is 0 Å². The first-order chi connectivity index (χ1) is 10.7. The van der Waals surface area contributed by atoms with Crippen molar-refractivity contribution in [1.29, 1.82) is 0 Å². The van der Waals surface area contributed by atoms with Crippen LogP contribution in [0.3, 0.4) is 0 Å². The van der Waals surface area contributed by atoms with Gasteiger partial charge in [0.05, 0.1) is 16.3 Å². The van der Waals surface area contributed by atoms with Crippen LogP contribution in [0.25, 0.3) is 6.08 Å². The summed E-state index contributed by atoms with van der Waals surface area (Å²) in [5.41, 5.74) is 2.43. The lowest BCUT2D eigenvalue weighted by Crippen LogP contribution is -2.27. The summed E-state index contributed by atoms with van der Waals surface area (Å²) in [7, 11) is 0. The summed E-state index contributed by atoms with van der Waals surface area (Å²) in [6, 6.07) is 12.9. The maximum Gasteiger partial charge on any atom is 0.298 e. The summed E-state index contributed by atoms with van der Waals surface area (Å²) in [5.74, 6) is -0.301. The van der Waals surface area contributed by atoms with Crippen molar-refractivity contribution < 1.29 is 9.59 Å². The lowest BCUT2D eigenvalue weighted by Gasteiger charge is -2.12. The van der Waals surface area contributed by atoms with Gasteiger partial charge < -0.3 is 0 Å². The number of pyridine rings is 1. The minimum atomic E-state index is -0.301. The van der Waals surface area contributed by atoms with Crippen LogP contribution in [0.5, 0.6) is 0 Å². The molecule has 2 heterocycles. The highest BCUT2D eigenvalue weighted by Crippen LogP contribution is 2.35. The second kappa shape index (κ2) is 6.15. The van der Waals surface area contributed by atoms with Crippen LogP contribution < -0.4 is 4.90 Å². The Kier molecular flexibility index (Phi) is 4.06. The van der Waals surface area contributed by atoms with E-state index in [4.69, 9.17) is 0 Å². The van der Waals surface area contributed by atoms with Gasteiger partial charge in [0.25, 0.3) is 11.1 Å². The van der Waals surface area contributed by atoms with E-state index in [1.165, 1.54) is 10.5 Å². The molecule has 0 atom stereocenters. The van der Waals surface area contributed by atoms with Gasteiger partial charge in [-0.05, 0) is 54.1 Å². The van der Waals surface area contributed by atoms with Crippen molar-refractivity contribution in [2.24, 2.45) is 0 Å². The molecule has 5 heteroatoms. The number of anilines is 1. The van der Waals surface area contributed by atoms with Crippen LogP contribution in [-0.4, -0.2) is 16.1 Å². The van der Waals surface area contributed by atoms with Gasteiger partial charge in [0.15, 0.2) is 0 Å². The summed E-state index contributed by atoms with van der Waals surface area (Å²) in [4.78, 5) is 30.4. The third-order valence-electron chi connectivity index (χ3n) is 3.36. The van der Waals surface area contributed by atoms with Crippen LogP contribution >= 0.6 is 11.8 Å². The van der Waals surface area contributed by atoms with Crippen LogP contribution in [0.4, 0.5) is 10.5 Å². The standard InChI is InChI=1S/C17H14N2O2S/c1-2-12-6-8-14(9-7-12)19-16(20)15(22-17(19)21)11-13-5-3-4-10-18-13/h3-11H,2H2,1H3/b15-11-. The molecule has 0 N–H and O–H groups in total. The first-order valence-corrected chi connectivity index (χ1v) is 7.78. The highest BCUT2D eigenvalue weighted by Gasteiger charge is 2.36. The molecule has 1 aromatic carbocycles. The Morgan fingerprint density at radius 2 is 1.91 bits per heavy atom. The summed E-state index contributed by atoms with van der Waals surface area (Å²) in [6.45, 7) is 2.06. The van der Waals surface area contributed by atoms with Gasteiger partial charge in [0, 0.05) is 6.20 Å². The predicted octanol–water partition coefficient (Wildman–Crippen LogP) is 3.88. The molecule has 1 aliphatic rings. The fourth-order valence-electron chi connectivity index (χ4n) is 2.17. The van der Waals surface area contributed by atoms with Gasteiger partial charge in [-0.15, -0.1) is 0 Å². The smallest absolute Gasteiger partial charge is 0.268 e. The molecule has 110 valence electrons. The second-order valence-corrected chi connectivity index (χ2v) is 5.78. The number of nitrogens with zero attached hydrogens (tertiary/aromatic N) is 2.